The van der Waals surface area contributed by atoms with E-state index in [0.717, 1.165) is 24.8 Å². The fourth-order valence-corrected chi connectivity index (χ4v) is 3.91. The second kappa shape index (κ2) is 9.19. The van der Waals surface area contributed by atoms with Gasteiger partial charge in [-0.1, -0.05) is 30.3 Å². The summed E-state index contributed by atoms with van der Waals surface area (Å²) in [5, 5.41) is 15.0. The van der Waals surface area contributed by atoms with Gasteiger partial charge in [0.1, 0.15) is 0 Å². The lowest BCUT2D eigenvalue weighted by atomic mass is 9.90. The minimum atomic E-state index is -0.861. The molecular weight excluding hydrogens is 348 g/mol. The molecule has 1 saturated heterocycles. The van der Waals surface area contributed by atoms with Crippen molar-refractivity contribution < 1.29 is 24.2 Å². The molecule has 0 aromatic heterocycles. The molecular formula is C20H28N2O5. The van der Waals surface area contributed by atoms with E-state index in [9.17, 15) is 9.59 Å². The van der Waals surface area contributed by atoms with Gasteiger partial charge in [-0.25, -0.2) is 4.79 Å². The van der Waals surface area contributed by atoms with E-state index in [1.807, 2.05) is 30.3 Å². The number of carbonyl (C=O) groups excluding carboxylic acids is 1. The molecule has 3 rings (SSSR count). The average Bonchev–Trinajstić information content (AvgIpc) is 3.08. The van der Waals surface area contributed by atoms with Crippen molar-refractivity contribution >= 4 is 12.0 Å². The number of benzene rings is 1. The number of aliphatic carboxylic acids is 1. The molecule has 1 aromatic carbocycles. The smallest absolute Gasteiger partial charge is 0.315 e. The average molecular weight is 376 g/mol. The van der Waals surface area contributed by atoms with Gasteiger partial charge in [0.05, 0.1) is 13.2 Å². The third kappa shape index (κ3) is 5.94. The monoisotopic (exact) mass is 376 g/mol. The van der Waals surface area contributed by atoms with Crippen molar-refractivity contribution in [2.75, 3.05) is 13.2 Å². The van der Waals surface area contributed by atoms with Gasteiger partial charge in [0.2, 0.25) is 0 Å². The largest absolute Gasteiger partial charge is 0.481 e. The third-order valence-electron chi connectivity index (χ3n) is 5.18. The summed E-state index contributed by atoms with van der Waals surface area (Å²) in [5.41, 5.74) is 1.07. The third-order valence-corrected chi connectivity index (χ3v) is 5.18. The van der Waals surface area contributed by atoms with E-state index in [-0.39, 0.29) is 24.5 Å². The molecule has 1 aliphatic heterocycles. The van der Waals surface area contributed by atoms with E-state index in [1.165, 1.54) is 0 Å². The Balaban J connectivity index is 1.53. The summed E-state index contributed by atoms with van der Waals surface area (Å²) in [6.45, 7) is 1.21. The zero-order chi connectivity index (χ0) is 19.1. The van der Waals surface area contributed by atoms with Crippen molar-refractivity contribution in [1.82, 2.24) is 10.6 Å². The van der Waals surface area contributed by atoms with Gasteiger partial charge in [-0.15, -0.1) is 0 Å². The summed E-state index contributed by atoms with van der Waals surface area (Å²) in [4.78, 5) is 23.5. The van der Waals surface area contributed by atoms with Gasteiger partial charge in [0, 0.05) is 31.3 Å². The van der Waals surface area contributed by atoms with Gasteiger partial charge in [-0.3, -0.25) is 4.79 Å². The van der Waals surface area contributed by atoms with Crippen molar-refractivity contribution in [3.05, 3.63) is 35.9 Å². The molecule has 2 atom stereocenters. The molecule has 148 valence electrons. The fraction of sp³-hybridized carbons (Fsp3) is 0.600. The highest BCUT2D eigenvalue weighted by atomic mass is 16.7. The van der Waals surface area contributed by atoms with E-state index >= 15 is 0 Å². The minimum Gasteiger partial charge on any atom is -0.481 e. The standard InChI is InChI=1S/C20H28N2O5/c23-18(24)9-8-16(13-15-5-2-1-3-6-15)21-19(25)22-17-7-4-10-20(14-17)26-11-12-27-20/h1-3,5-6,16-17H,4,7-14H2,(H,23,24)(H2,21,22,25). The van der Waals surface area contributed by atoms with E-state index in [1.54, 1.807) is 0 Å². The van der Waals surface area contributed by atoms with Gasteiger partial charge < -0.3 is 25.2 Å². The van der Waals surface area contributed by atoms with Gasteiger partial charge in [-0.2, -0.15) is 0 Å². The maximum absolute atomic E-state index is 12.5. The summed E-state index contributed by atoms with van der Waals surface area (Å²) in [7, 11) is 0. The van der Waals surface area contributed by atoms with Crippen LogP contribution in [-0.2, 0) is 20.7 Å². The maximum Gasteiger partial charge on any atom is 0.315 e. The highest BCUT2D eigenvalue weighted by Crippen LogP contribution is 2.35. The van der Waals surface area contributed by atoms with Crippen LogP contribution in [-0.4, -0.2) is 48.2 Å². The number of carbonyl (C=O) groups is 2. The molecule has 2 fully saturated rings. The molecule has 1 heterocycles. The minimum absolute atomic E-state index is 0.00583. The molecule has 1 aliphatic carbocycles. The normalized spacial score (nSPS) is 22.3. The highest BCUT2D eigenvalue weighted by molar-refractivity contribution is 5.74. The van der Waals surface area contributed by atoms with Gasteiger partial charge >= 0.3 is 12.0 Å². The van der Waals surface area contributed by atoms with Gasteiger partial charge in [0.15, 0.2) is 5.79 Å². The first-order valence-corrected chi connectivity index (χ1v) is 9.65. The summed E-state index contributed by atoms with van der Waals surface area (Å²) in [5.74, 6) is -1.40. The predicted octanol–water partition coefficient (Wildman–Crippen LogP) is 2.45. The Morgan fingerprint density at radius 1 is 1.22 bits per heavy atom. The first-order valence-electron chi connectivity index (χ1n) is 9.65. The Bertz CT molecular complexity index is 631. The second-order valence-corrected chi connectivity index (χ2v) is 7.34. The lowest BCUT2D eigenvalue weighted by molar-refractivity contribution is -0.181. The summed E-state index contributed by atoms with van der Waals surface area (Å²) in [6, 6.07) is 9.26. The van der Waals surface area contributed by atoms with Crippen LogP contribution in [0.2, 0.25) is 0 Å². The second-order valence-electron chi connectivity index (χ2n) is 7.34. The molecule has 27 heavy (non-hydrogen) atoms. The predicted molar refractivity (Wildman–Crippen MR) is 99.4 cm³/mol. The van der Waals surface area contributed by atoms with Crippen LogP contribution in [0.5, 0.6) is 0 Å². The van der Waals surface area contributed by atoms with E-state index in [0.29, 0.717) is 32.5 Å². The number of rotatable bonds is 7. The first kappa shape index (κ1) is 19.6. The number of carboxylic acid groups (broad SMARTS) is 1. The molecule has 1 spiro atoms. The number of nitrogens with one attached hydrogen (secondary N) is 2. The molecule has 1 aromatic rings. The number of hydrogen-bond donors (Lipinski definition) is 3. The molecule has 2 unspecified atom stereocenters. The molecule has 0 bridgehead atoms. The lowest BCUT2D eigenvalue weighted by Crippen LogP contribution is -2.51. The molecule has 2 amide bonds. The fourth-order valence-electron chi connectivity index (χ4n) is 3.91. The van der Waals surface area contributed by atoms with Crippen molar-refractivity contribution in [3.63, 3.8) is 0 Å². The van der Waals surface area contributed by atoms with E-state index in [2.05, 4.69) is 10.6 Å². The van der Waals surface area contributed by atoms with Crippen molar-refractivity contribution in [3.8, 4) is 0 Å². The van der Waals surface area contributed by atoms with Crippen LogP contribution in [0.1, 0.15) is 44.1 Å². The number of carboxylic acids is 1. The Kier molecular flexibility index (Phi) is 6.68. The number of amides is 2. The zero-order valence-corrected chi connectivity index (χ0v) is 15.5. The van der Waals surface area contributed by atoms with Crippen LogP contribution >= 0.6 is 0 Å². The molecule has 2 aliphatic rings. The summed E-state index contributed by atoms with van der Waals surface area (Å²) in [6.07, 6.45) is 4.35. The van der Waals surface area contributed by atoms with Crippen LogP contribution in [0, 0.1) is 0 Å². The topological polar surface area (TPSA) is 96.9 Å². The number of hydrogen-bond acceptors (Lipinski definition) is 4. The summed E-state index contributed by atoms with van der Waals surface area (Å²) < 4.78 is 11.5. The Hall–Kier alpha value is -2.12. The number of urea groups is 1. The Labute approximate surface area is 159 Å². The van der Waals surface area contributed by atoms with Gasteiger partial charge in [-0.05, 0) is 31.2 Å². The molecule has 1 saturated carbocycles. The lowest BCUT2D eigenvalue weighted by Gasteiger charge is -2.36. The summed E-state index contributed by atoms with van der Waals surface area (Å²) >= 11 is 0. The van der Waals surface area contributed by atoms with Crippen molar-refractivity contribution in [1.29, 1.82) is 0 Å². The van der Waals surface area contributed by atoms with E-state index in [4.69, 9.17) is 14.6 Å². The molecule has 7 heteroatoms. The van der Waals surface area contributed by atoms with Crippen LogP contribution in [0.15, 0.2) is 30.3 Å². The van der Waals surface area contributed by atoms with Crippen LogP contribution in [0.25, 0.3) is 0 Å². The maximum atomic E-state index is 12.5. The molecule has 0 radical (unpaired) electrons. The van der Waals surface area contributed by atoms with Crippen molar-refractivity contribution in [2.24, 2.45) is 0 Å². The Morgan fingerprint density at radius 2 is 1.96 bits per heavy atom. The van der Waals surface area contributed by atoms with Crippen LogP contribution < -0.4 is 10.6 Å². The first-order chi connectivity index (χ1) is 13.0. The molecule has 3 N–H and O–H groups in total. The molecule has 7 nitrogen and oxygen atoms in total. The SMILES string of the molecule is O=C(O)CCC(Cc1ccccc1)NC(=O)NC1CCCC2(C1)OCCO2. The van der Waals surface area contributed by atoms with Crippen LogP contribution in [0.3, 0.4) is 0 Å². The number of ether oxygens (including phenoxy) is 2. The quantitative estimate of drug-likeness (QED) is 0.679. The van der Waals surface area contributed by atoms with E-state index < -0.39 is 11.8 Å². The Morgan fingerprint density at radius 3 is 2.67 bits per heavy atom. The van der Waals surface area contributed by atoms with Gasteiger partial charge in [0.25, 0.3) is 0 Å². The van der Waals surface area contributed by atoms with Crippen LogP contribution in [0.4, 0.5) is 4.79 Å². The van der Waals surface area contributed by atoms with Crippen molar-refractivity contribution in [2.45, 2.75) is 62.8 Å². The zero-order valence-electron chi connectivity index (χ0n) is 15.5. The highest BCUT2D eigenvalue weighted by Gasteiger charge is 2.41.